The Morgan fingerprint density at radius 2 is 1.95 bits per heavy atom. The van der Waals surface area contributed by atoms with Gasteiger partial charge in [-0.2, -0.15) is 0 Å². The van der Waals surface area contributed by atoms with Crippen LogP contribution in [-0.4, -0.2) is 12.5 Å². The van der Waals surface area contributed by atoms with Crippen molar-refractivity contribution in [1.82, 2.24) is 0 Å². The van der Waals surface area contributed by atoms with Crippen molar-refractivity contribution >= 4 is 23.2 Å². The van der Waals surface area contributed by atoms with E-state index < -0.39 is 5.82 Å². The predicted molar refractivity (Wildman–Crippen MR) is 81.7 cm³/mol. The van der Waals surface area contributed by atoms with Crippen LogP contribution >= 0.6 is 11.6 Å². The van der Waals surface area contributed by atoms with Crippen LogP contribution in [0.3, 0.4) is 0 Å². The Morgan fingerprint density at radius 3 is 2.62 bits per heavy atom. The standard InChI is InChI=1S/C16H12ClFN2O/c17-13-5-3-11(4-6-13)16(21)20-14-7-8-15(18)12(10-14)2-1-9-19/h3-8,10H,9,19H2,(H,20,21). The maximum Gasteiger partial charge on any atom is 0.255 e. The number of amides is 1. The zero-order chi connectivity index (χ0) is 15.2. The Balaban J connectivity index is 2.19. The number of nitrogens with one attached hydrogen (secondary N) is 1. The van der Waals surface area contributed by atoms with Gasteiger partial charge in [-0.05, 0) is 42.5 Å². The number of hydrogen-bond donors (Lipinski definition) is 2. The number of nitrogens with two attached hydrogens (primary N) is 1. The molecule has 0 atom stereocenters. The third kappa shape index (κ3) is 4.06. The second kappa shape index (κ2) is 6.89. The number of rotatable bonds is 2. The number of anilines is 1. The molecule has 0 aliphatic rings. The minimum absolute atomic E-state index is 0.140. The summed E-state index contributed by atoms with van der Waals surface area (Å²) < 4.78 is 13.5. The van der Waals surface area contributed by atoms with E-state index in [9.17, 15) is 9.18 Å². The molecular weight excluding hydrogens is 291 g/mol. The monoisotopic (exact) mass is 302 g/mol. The minimum atomic E-state index is -0.458. The molecule has 0 radical (unpaired) electrons. The van der Waals surface area contributed by atoms with Gasteiger partial charge in [-0.3, -0.25) is 4.79 Å². The first-order valence-electron chi connectivity index (χ1n) is 6.15. The van der Waals surface area contributed by atoms with Gasteiger partial charge >= 0.3 is 0 Å². The molecule has 5 heteroatoms. The molecule has 21 heavy (non-hydrogen) atoms. The topological polar surface area (TPSA) is 55.1 Å². The normalized spacial score (nSPS) is 9.67. The lowest BCUT2D eigenvalue weighted by atomic mass is 10.1. The molecule has 0 aliphatic heterocycles. The molecule has 0 aromatic heterocycles. The van der Waals surface area contributed by atoms with E-state index in [1.807, 2.05) is 0 Å². The van der Waals surface area contributed by atoms with Crippen molar-refractivity contribution in [3.05, 3.63) is 64.4 Å². The molecule has 3 N–H and O–H groups in total. The van der Waals surface area contributed by atoms with Crippen LogP contribution in [0.2, 0.25) is 5.02 Å². The fourth-order valence-corrected chi connectivity index (χ4v) is 1.78. The third-order valence-electron chi connectivity index (χ3n) is 2.66. The summed E-state index contributed by atoms with van der Waals surface area (Å²) in [7, 11) is 0. The van der Waals surface area contributed by atoms with E-state index in [-0.39, 0.29) is 18.0 Å². The van der Waals surface area contributed by atoms with E-state index in [1.165, 1.54) is 18.2 Å². The maximum absolute atomic E-state index is 13.5. The van der Waals surface area contributed by atoms with E-state index in [2.05, 4.69) is 17.2 Å². The largest absolute Gasteiger partial charge is 0.322 e. The van der Waals surface area contributed by atoms with Gasteiger partial charge in [0.25, 0.3) is 5.91 Å². The van der Waals surface area contributed by atoms with Crippen LogP contribution in [0.25, 0.3) is 0 Å². The average molecular weight is 303 g/mol. The van der Waals surface area contributed by atoms with Crippen molar-refractivity contribution in [3.63, 3.8) is 0 Å². The Bertz CT molecular complexity index is 717. The van der Waals surface area contributed by atoms with Crippen molar-refractivity contribution in [1.29, 1.82) is 0 Å². The second-order valence-corrected chi connectivity index (χ2v) is 4.60. The Labute approximate surface area is 126 Å². The first-order valence-corrected chi connectivity index (χ1v) is 6.53. The van der Waals surface area contributed by atoms with Gasteiger partial charge in [0.15, 0.2) is 0 Å². The molecule has 1 amide bonds. The summed E-state index contributed by atoms with van der Waals surface area (Å²) in [5, 5.41) is 3.22. The van der Waals surface area contributed by atoms with Gasteiger partial charge < -0.3 is 11.1 Å². The van der Waals surface area contributed by atoms with Gasteiger partial charge in [-0.1, -0.05) is 23.4 Å². The van der Waals surface area contributed by atoms with Crippen molar-refractivity contribution in [2.75, 3.05) is 11.9 Å². The van der Waals surface area contributed by atoms with E-state index >= 15 is 0 Å². The summed E-state index contributed by atoms with van der Waals surface area (Å²) >= 11 is 5.76. The quantitative estimate of drug-likeness (QED) is 0.838. The lowest BCUT2D eigenvalue weighted by molar-refractivity contribution is 0.102. The highest BCUT2D eigenvalue weighted by Gasteiger charge is 2.07. The average Bonchev–Trinajstić information content (AvgIpc) is 2.48. The predicted octanol–water partition coefficient (Wildman–Crippen LogP) is 3.04. The fraction of sp³-hybridized carbons (Fsp3) is 0.0625. The lowest BCUT2D eigenvalue weighted by Gasteiger charge is -2.06. The smallest absolute Gasteiger partial charge is 0.255 e. The highest BCUT2D eigenvalue weighted by molar-refractivity contribution is 6.30. The van der Waals surface area contributed by atoms with Gasteiger partial charge in [0.2, 0.25) is 0 Å². The fourth-order valence-electron chi connectivity index (χ4n) is 1.65. The zero-order valence-electron chi connectivity index (χ0n) is 11.0. The molecule has 0 aliphatic carbocycles. The number of benzene rings is 2. The molecule has 0 saturated heterocycles. The number of halogens is 2. The molecule has 0 saturated carbocycles. The van der Waals surface area contributed by atoms with Gasteiger partial charge in [0, 0.05) is 16.3 Å². The van der Waals surface area contributed by atoms with Crippen LogP contribution in [0.5, 0.6) is 0 Å². The van der Waals surface area contributed by atoms with Crippen LogP contribution < -0.4 is 11.1 Å². The summed E-state index contributed by atoms with van der Waals surface area (Å²) in [5.74, 6) is 4.42. The van der Waals surface area contributed by atoms with Gasteiger partial charge in [-0.15, -0.1) is 0 Å². The molecule has 3 nitrogen and oxygen atoms in total. The Morgan fingerprint density at radius 1 is 1.24 bits per heavy atom. The van der Waals surface area contributed by atoms with Crippen LogP contribution in [0.4, 0.5) is 10.1 Å². The molecular formula is C16H12ClFN2O. The lowest BCUT2D eigenvalue weighted by Crippen LogP contribution is -2.11. The number of carbonyl (C=O) groups excluding carboxylic acids is 1. The SMILES string of the molecule is NCC#Cc1cc(NC(=O)c2ccc(Cl)cc2)ccc1F. The van der Waals surface area contributed by atoms with E-state index in [0.29, 0.717) is 16.3 Å². The summed E-state index contributed by atoms with van der Waals surface area (Å²) in [6.45, 7) is 0.140. The van der Waals surface area contributed by atoms with Crippen molar-refractivity contribution < 1.29 is 9.18 Å². The molecule has 2 aromatic rings. The van der Waals surface area contributed by atoms with E-state index in [0.717, 1.165) is 0 Å². The van der Waals surface area contributed by atoms with Crippen molar-refractivity contribution in [3.8, 4) is 11.8 Å². The van der Waals surface area contributed by atoms with Crippen molar-refractivity contribution in [2.24, 2.45) is 5.73 Å². The second-order valence-electron chi connectivity index (χ2n) is 4.16. The van der Waals surface area contributed by atoms with Crippen LogP contribution in [-0.2, 0) is 0 Å². The molecule has 0 bridgehead atoms. The molecule has 0 heterocycles. The number of carbonyl (C=O) groups is 1. The van der Waals surface area contributed by atoms with Gasteiger partial charge in [0.1, 0.15) is 5.82 Å². The highest BCUT2D eigenvalue weighted by Crippen LogP contribution is 2.16. The molecule has 0 spiro atoms. The molecule has 2 aromatic carbocycles. The molecule has 106 valence electrons. The third-order valence-corrected chi connectivity index (χ3v) is 2.91. The first-order chi connectivity index (χ1) is 10.1. The van der Waals surface area contributed by atoms with Crippen LogP contribution in [0.1, 0.15) is 15.9 Å². The van der Waals surface area contributed by atoms with Crippen LogP contribution in [0.15, 0.2) is 42.5 Å². The van der Waals surface area contributed by atoms with E-state index in [1.54, 1.807) is 24.3 Å². The first kappa shape index (κ1) is 15.0. The van der Waals surface area contributed by atoms with Gasteiger partial charge in [0.05, 0.1) is 12.1 Å². The Kier molecular flexibility index (Phi) is 4.94. The summed E-state index contributed by atoms with van der Waals surface area (Å²) in [6.07, 6.45) is 0. The summed E-state index contributed by atoms with van der Waals surface area (Å²) in [6, 6.07) is 10.6. The summed E-state index contributed by atoms with van der Waals surface area (Å²) in [4.78, 5) is 12.0. The minimum Gasteiger partial charge on any atom is -0.322 e. The molecule has 0 unspecified atom stereocenters. The Hall–Kier alpha value is -2.35. The number of hydrogen-bond acceptors (Lipinski definition) is 2. The van der Waals surface area contributed by atoms with E-state index in [4.69, 9.17) is 17.3 Å². The molecule has 2 rings (SSSR count). The summed E-state index contributed by atoms with van der Waals surface area (Å²) in [5.41, 5.74) is 6.36. The molecule has 0 fully saturated rings. The highest BCUT2D eigenvalue weighted by atomic mass is 35.5. The van der Waals surface area contributed by atoms with Gasteiger partial charge in [-0.25, -0.2) is 4.39 Å². The maximum atomic E-state index is 13.5. The van der Waals surface area contributed by atoms with Crippen molar-refractivity contribution in [2.45, 2.75) is 0 Å². The van der Waals surface area contributed by atoms with Crippen LogP contribution in [0, 0.1) is 17.7 Å². The zero-order valence-corrected chi connectivity index (χ0v) is 11.7.